The molecule has 0 aliphatic heterocycles. The van der Waals surface area contributed by atoms with Crippen molar-refractivity contribution < 1.29 is 23.7 Å². The Labute approximate surface area is 190 Å². The molecule has 32 heavy (non-hydrogen) atoms. The lowest BCUT2D eigenvalue weighted by Gasteiger charge is -2.11. The molecule has 0 saturated heterocycles. The zero-order chi connectivity index (χ0) is 23.3. The van der Waals surface area contributed by atoms with Gasteiger partial charge in [0.1, 0.15) is 5.70 Å². The van der Waals surface area contributed by atoms with Crippen molar-refractivity contribution in [1.82, 2.24) is 5.32 Å². The molecule has 3 rings (SSSR count). The fourth-order valence-electron chi connectivity index (χ4n) is 2.62. The Hall–Kier alpha value is -4.05. The molecular formula is C22H16BrN3O6. The fourth-order valence-corrected chi connectivity index (χ4v) is 2.93. The summed E-state index contributed by atoms with van der Waals surface area (Å²) in [7, 11) is 0. The highest BCUT2D eigenvalue weighted by molar-refractivity contribution is 9.10. The van der Waals surface area contributed by atoms with Crippen LogP contribution in [0.4, 0.5) is 11.4 Å². The summed E-state index contributed by atoms with van der Waals surface area (Å²) in [4.78, 5) is 47.1. The summed E-state index contributed by atoms with van der Waals surface area (Å²) in [5.74, 6) is -1.44. The summed E-state index contributed by atoms with van der Waals surface area (Å²) in [5.41, 5.74) is 1.12. The first-order valence-corrected chi connectivity index (χ1v) is 9.97. The summed E-state index contributed by atoms with van der Waals surface area (Å²) in [6.45, 7) is 1.43. The average Bonchev–Trinajstić information content (AvgIpc) is 3.20. The number of carbonyl (C=O) groups is 3. The lowest BCUT2D eigenvalue weighted by atomic mass is 10.1. The van der Waals surface area contributed by atoms with E-state index in [1.807, 2.05) is 0 Å². The van der Waals surface area contributed by atoms with E-state index in [1.165, 1.54) is 49.4 Å². The van der Waals surface area contributed by atoms with Crippen LogP contribution in [0.3, 0.4) is 0 Å². The molecule has 0 spiro atoms. The standard InChI is InChI=1S/C22H16BrN3O6/c1-13(27)15-4-6-16(7-5-15)24-21(28)18(25-22(29)19-10-11-20(23)32-19)12-14-2-8-17(9-3-14)26(30)31/h2-12H,1H3,(H,24,28)(H,25,29). The quantitative estimate of drug-likeness (QED) is 0.213. The van der Waals surface area contributed by atoms with E-state index in [0.717, 1.165) is 0 Å². The number of hydrogen-bond donors (Lipinski definition) is 2. The lowest BCUT2D eigenvalue weighted by Crippen LogP contribution is -2.30. The zero-order valence-corrected chi connectivity index (χ0v) is 18.2. The van der Waals surface area contributed by atoms with Gasteiger partial charge in [0, 0.05) is 23.4 Å². The first-order valence-electron chi connectivity index (χ1n) is 9.18. The van der Waals surface area contributed by atoms with Gasteiger partial charge in [0.25, 0.3) is 17.5 Å². The molecule has 0 bridgehead atoms. The molecule has 2 N–H and O–H groups in total. The molecule has 0 aliphatic carbocycles. The summed E-state index contributed by atoms with van der Waals surface area (Å²) < 4.78 is 5.56. The minimum Gasteiger partial charge on any atom is -0.444 e. The molecule has 0 unspecified atom stereocenters. The number of anilines is 1. The second-order valence-corrected chi connectivity index (χ2v) is 7.33. The fraction of sp³-hybridized carbons (Fsp3) is 0.0455. The summed E-state index contributed by atoms with van der Waals surface area (Å²) in [6, 6.07) is 14.7. The van der Waals surface area contributed by atoms with Crippen molar-refractivity contribution in [3.05, 3.63) is 98.0 Å². The first kappa shape index (κ1) is 22.6. The van der Waals surface area contributed by atoms with E-state index < -0.39 is 16.7 Å². The lowest BCUT2D eigenvalue weighted by molar-refractivity contribution is -0.384. The Morgan fingerprint density at radius 3 is 2.19 bits per heavy atom. The Morgan fingerprint density at radius 1 is 1.00 bits per heavy atom. The number of halogens is 1. The van der Waals surface area contributed by atoms with Crippen LogP contribution in [-0.4, -0.2) is 22.5 Å². The third kappa shape index (κ3) is 5.76. The Balaban J connectivity index is 1.87. The van der Waals surface area contributed by atoms with E-state index in [2.05, 4.69) is 26.6 Å². The monoisotopic (exact) mass is 497 g/mol. The van der Waals surface area contributed by atoms with E-state index in [4.69, 9.17) is 4.42 Å². The molecule has 9 nitrogen and oxygen atoms in total. The third-order valence-electron chi connectivity index (χ3n) is 4.25. The van der Waals surface area contributed by atoms with Gasteiger partial charge >= 0.3 is 0 Å². The van der Waals surface area contributed by atoms with Crippen molar-refractivity contribution in [2.45, 2.75) is 6.92 Å². The highest BCUT2D eigenvalue weighted by Crippen LogP contribution is 2.17. The molecule has 0 fully saturated rings. The number of amides is 2. The SMILES string of the molecule is CC(=O)c1ccc(NC(=O)C(=Cc2ccc([N+](=O)[O-])cc2)NC(=O)c2ccc(Br)o2)cc1. The van der Waals surface area contributed by atoms with E-state index in [-0.39, 0.29) is 22.9 Å². The van der Waals surface area contributed by atoms with Crippen LogP contribution < -0.4 is 10.6 Å². The Morgan fingerprint density at radius 2 is 1.66 bits per heavy atom. The molecule has 0 saturated carbocycles. The van der Waals surface area contributed by atoms with Crippen LogP contribution in [0, 0.1) is 10.1 Å². The van der Waals surface area contributed by atoms with Crippen molar-refractivity contribution in [3.63, 3.8) is 0 Å². The van der Waals surface area contributed by atoms with Crippen LogP contribution in [0.15, 0.2) is 75.4 Å². The molecule has 0 aliphatic rings. The number of hydrogen-bond acceptors (Lipinski definition) is 6. The van der Waals surface area contributed by atoms with Gasteiger partial charge in [0.15, 0.2) is 16.2 Å². The molecule has 1 aromatic heterocycles. The average molecular weight is 498 g/mol. The van der Waals surface area contributed by atoms with Crippen molar-refractivity contribution in [2.75, 3.05) is 5.32 Å². The number of ketones is 1. The van der Waals surface area contributed by atoms with E-state index in [1.54, 1.807) is 24.3 Å². The number of rotatable bonds is 7. The van der Waals surface area contributed by atoms with Crippen LogP contribution in [0.1, 0.15) is 33.4 Å². The van der Waals surface area contributed by atoms with Crippen LogP contribution in [0.2, 0.25) is 0 Å². The molecule has 1 heterocycles. The second kappa shape index (κ2) is 9.84. The summed E-state index contributed by atoms with van der Waals surface area (Å²) in [5, 5.41) is 16.0. The molecule has 162 valence electrons. The highest BCUT2D eigenvalue weighted by atomic mass is 79.9. The number of nitro groups is 1. The van der Waals surface area contributed by atoms with Gasteiger partial charge in [-0.25, -0.2) is 0 Å². The van der Waals surface area contributed by atoms with Gasteiger partial charge in [-0.1, -0.05) is 0 Å². The van der Waals surface area contributed by atoms with Crippen molar-refractivity contribution in [1.29, 1.82) is 0 Å². The van der Waals surface area contributed by atoms with Crippen LogP contribution in [-0.2, 0) is 4.79 Å². The maximum atomic E-state index is 12.9. The van der Waals surface area contributed by atoms with Crippen molar-refractivity contribution >= 4 is 51.0 Å². The van der Waals surface area contributed by atoms with Gasteiger partial charge in [-0.15, -0.1) is 0 Å². The van der Waals surface area contributed by atoms with Gasteiger partial charge in [-0.05, 0) is 83.0 Å². The van der Waals surface area contributed by atoms with Crippen LogP contribution in [0.25, 0.3) is 6.08 Å². The van der Waals surface area contributed by atoms with E-state index in [0.29, 0.717) is 21.5 Å². The molecule has 0 radical (unpaired) electrons. The van der Waals surface area contributed by atoms with Crippen molar-refractivity contribution in [3.8, 4) is 0 Å². The Bertz CT molecular complexity index is 1210. The van der Waals surface area contributed by atoms with Gasteiger partial charge in [0.05, 0.1) is 4.92 Å². The summed E-state index contributed by atoms with van der Waals surface area (Å²) in [6.07, 6.45) is 1.37. The predicted octanol–water partition coefficient (Wildman–Crippen LogP) is 4.56. The number of benzene rings is 2. The number of nitrogens with one attached hydrogen (secondary N) is 2. The van der Waals surface area contributed by atoms with Crippen molar-refractivity contribution in [2.24, 2.45) is 0 Å². The smallest absolute Gasteiger partial charge is 0.291 e. The number of non-ortho nitro benzene ring substituents is 1. The molecular weight excluding hydrogens is 482 g/mol. The molecule has 2 aromatic carbocycles. The summed E-state index contributed by atoms with van der Waals surface area (Å²) >= 11 is 3.11. The third-order valence-corrected chi connectivity index (χ3v) is 4.68. The maximum absolute atomic E-state index is 12.9. The van der Waals surface area contributed by atoms with E-state index in [9.17, 15) is 24.5 Å². The van der Waals surface area contributed by atoms with Gasteiger partial charge in [-0.3, -0.25) is 24.5 Å². The molecule has 2 amide bonds. The number of nitro benzene ring substituents is 1. The maximum Gasteiger partial charge on any atom is 0.291 e. The van der Waals surface area contributed by atoms with Gasteiger partial charge in [-0.2, -0.15) is 0 Å². The topological polar surface area (TPSA) is 132 Å². The number of Topliss-reactive ketones (excluding diaryl/α,β-unsaturated/α-hetero) is 1. The predicted molar refractivity (Wildman–Crippen MR) is 120 cm³/mol. The number of furan rings is 1. The molecule has 3 aromatic rings. The molecule has 10 heteroatoms. The molecule has 0 atom stereocenters. The van der Waals surface area contributed by atoms with Gasteiger partial charge < -0.3 is 15.1 Å². The zero-order valence-electron chi connectivity index (χ0n) is 16.6. The largest absolute Gasteiger partial charge is 0.444 e. The number of nitrogens with zero attached hydrogens (tertiary/aromatic N) is 1. The number of carbonyl (C=O) groups excluding carboxylic acids is 3. The van der Waals surface area contributed by atoms with Crippen LogP contribution in [0.5, 0.6) is 0 Å². The highest BCUT2D eigenvalue weighted by Gasteiger charge is 2.18. The Kier molecular flexibility index (Phi) is 6.96. The van der Waals surface area contributed by atoms with Gasteiger partial charge in [0.2, 0.25) is 0 Å². The van der Waals surface area contributed by atoms with Crippen LogP contribution >= 0.6 is 15.9 Å². The second-order valence-electron chi connectivity index (χ2n) is 6.55. The van der Waals surface area contributed by atoms with E-state index >= 15 is 0 Å². The minimum atomic E-state index is -0.661. The normalized spacial score (nSPS) is 11.0. The first-order chi connectivity index (χ1) is 15.2. The minimum absolute atomic E-state index is 0.0231.